The zero-order chi connectivity index (χ0) is 13.1. The molecule has 4 heteroatoms. The fourth-order valence-electron chi connectivity index (χ4n) is 2.49. The first-order chi connectivity index (χ1) is 8.58. The fraction of sp³-hybridized carbons (Fsp3) is 0.500. The van der Waals surface area contributed by atoms with Gasteiger partial charge in [-0.1, -0.05) is 34.5 Å². The summed E-state index contributed by atoms with van der Waals surface area (Å²) in [5.74, 6) is 0.0760. The number of amides is 1. The predicted octanol–water partition coefficient (Wildman–Crippen LogP) is 2.75. The Morgan fingerprint density at radius 2 is 2.28 bits per heavy atom. The number of nitrogens with two attached hydrogens (primary N) is 1. The van der Waals surface area contributed by atoms with E-state index in [9.17, 15) is 4.79 Å². The quantitative estimate of drug-likeness (QED) is 0.902. The van der Waals surface area contributed by atoms with E-state index in [-0.39, 0.29) is 23.9 Å². The summed E-state index contributed by atoms with van der Waals surface area (Å²) in [6, 6.07) is 8.04. The minimum atomic E-state index is -0.0143. The Balaban J connectivity index is 1.98. The summed E-state index contributed by atoms with van der Waals surface area (Å²) in [6.45, 7) is 2.00. The van der Waals surface area contributed by atoms with E-state index in [0.29, 0.717) is 0 Å². The molecule has 0 aromatic heterocycles. The van der Waals surface area contributed by atoms with Crippen molar-refractivity contribution in [3.8, 4) is 0 Å². The van der Waals surface area contributed by atoms with Gasteiger partial charge in [-0.3, -0.25) is 4.79 Å². The van der Waals surface area contributed by atoms with Crippen molar-refractivity contribution in [2.24, 2.45) is 11.7 Å². The van der Waals surface area contributed by atoms with Gasteiger partial charge in [-0.25, -0.2) is 0 Å². The van der Waals surface area contributed by atoms with Crippen LogP contribution >= 0.6 is 15.9 Å². The summed E-state index contributed by atoms with van der Waals surface area (Å²) in [5.41, 5.74) is 7.05. The number of benzene rings is 1. The van der Waals surface area contributed by atoms with E-state index in [4.69, 9.17) is 5.73 Å². The number of carbonyl (C=O) groups excluding carboxylic acids is 1. The summed E-state index contributed by atoms with van der Waals surface area (Å²) >= 11 is 3.44. The standard InChI is InChI=1S/C14H19BrN2O/c1-9(10-4-2-5-11(15)8-10)17-14(18)12-6-3-7-13(12)16/h2,4-5,8-9,12-13H,3,6-7,16H2,1H3,(H,17,18). The Bertz CT molecular complexity index is 436. The predicted molar refractivity (Wildman–Crippen MR) is 76.0 cm³/mol. The molecular weight excluding hydrogens is 292 g/mol. The van der Waals surface area contributed by atoms with Crippen molar-refractivity contribution in [3.63, 3.8) is 0 Å². The maximum Gasteiger partial charge on any atom is 0.225 e. The lowest BCUT2D eigenvalue weighted by molar-refractivity contribution is -0.125. The second-order valence-corrected chi connectivity index (χ2v) is 5.90. The molecule has 0 radical (unpaired) electrons. The number of hydrogen-bond acceptors (Lipinski definition) is 2. The first-order valence-electron chi connectivity index (χ1n) is 6.39. The Kier molecular flexibility index (Phi) is 4.40. The van der Waals surface area contributed by atoms with Crippen molar-refractivity contribution in [3.05, 3.63) is 34.3 Å². The molecule has 1 amide bonds. The van der Waals surface area contributed by atoms with Gasteiger partial charge in [-0.15, -0.1) is 0 Å². The molecule has 1 aromatic rings. The number of carbonyl (C=O) groups is 1. The van der Waals surface area contributed by atoms with Crippen LogP contribution in [0, 0.1) is 5.92 Å². The molecule has 1 aliphatic carbocycles. The largest absolute Gasteiger partial charge is 0.349 e. The van der Waals surface area contributed by atoms with Crippen LogP contribution in [0.2, 0.25) is 0 Å². The topological polar surface area (TPSA) is 55.1 Å². The second kappa shape index (κ2) is 5.85. The zero-order valence-electron chi connectivity index (χ0n) is 10.5. The molecule has 1 saturated carbocycles. The van der Waals surface area contributed by atoms with Crippen LogP contribution < -0.4 is 11.1 Å². The lowest BCUT2D eigenvalue weighted by Gasteiger charge is -2.20. The molecule has 98 valence electrons. The van der Waals surface area contributed by atoms with Crippen molar-refractivity contribution in [1.82, 2.24) is 5.32 Å². The van der Waals surface area contributed by atoms with Crippen LogP contribution in [0.3, 0.4) is 0 Å². The third-order valence-corrected chi connectivity index (χ3v) is 4.11. The summed E-state index contributed by atoms with van der Waals surface area (Å²) in [5, 5.41) is 3.06. The zero-order valence-corrected chi connectivity index (χ0v) is 12.1. The van der Waals surface area contributed by atoms with E-state index >= 15 is 0 Å². The Morgan fingerprint density at radius 3 is 2.89 bits per heavy atom. The maximum atomic E-state index is 12.1. The molecule has 0 aliphatic heterocycles. The molecule has 3 nitrogen and oxygen atoms in total. The third-order valence-electron chi connectivity index (χ3n) is 3.61. The molecule has 3 N–H and O–H groups in total. The summed E-state index contributed by atoms with van der Waals surface area (Å²) in [6.07, 6.45) is 2.94. The molecule has 1 fully saturated rings. The van der Waals surface area contributed by atoms with E-state index < -0.39 is 0 Å². The molecule has 3 unspecified atom stereocenters. The van der Waals surface area contributed by atoms with Gasteiger partial charge in [0.05, 0.1) is 12.0 Å². The van der Waals surface area contributed by atoms with E-state index in [2.05, 4.69) is 21.2 Å². The maximum absolute atomic E-state index is 12.1. The minimum absolute atomic E-state index is 0.0143. The molecule has 3 atom stereocenters. The lowest BCUT2D eigenvalue weighted by Crippen LogP contribution is -2.39. The van der Waals surface area contributed by atoms with E-state index in [1.807, 2.05) is 31.2 Å². The van der Waals surface area contributed by atoms with Gasteiger partial charge in [0.1, 0.15) is 0 Å². The van der Waals surface area contributed by atoms with Gasteiger partial charge in [-0.05, 0) is 37.5 Å². The van der Waals surface area contributed by atoms with Gasteiger partial charge in [0.25, 0.3) is 0 Å². The molecule has 0 spiro atoms. The van der Waals surface area contributed by atoms with Crippen molar-refractivity contribution >= 4 is 21.8 Å². The van der Waals surface area contributed by atoms with Gasteiger partial charge >= 0.3 is 0 Å². The van der Waals surface area contributed by atoms with Crippen molar-refractivity contribution in [1.29, 1.82) is 0 Å². The first kappa shape index (κ1) is 13.6. The average molecular weight is 311 g/mol. The first-order valence-corrected chi connectivity index (χ1v) is 7.18. The van der Waals surface area contributed by atoms with Gasteiger partial charge in [-0.2, -0.15) is 0 Å². The van der Waals surface area contributed by atoms with Crippen LogP contribution in [-0.2, 0) is 4.79 Å². The molecule has 0 saturated heterocycles. The highest BCUT2D eigenvalue weighted by Gasteiger charge is 2.30. The van der Waals surface area contributed by atoms with Crippen LogP contribution in [-0.4, -0.2) is 11.9 Å². The monoisotopic (exact) mass is 310 g/mol. The van der Waals surface area contributed by atoms with E-state index in [0.717, 1.165) is 29.3 Å². The molecule has 0 bridgehead atoms. The van der Waals surface area contributed by atoms with Crippen molar-refractivity contribution in [2.75, 3.05) is 0 Å². The van der Waals surface area contributed by atoms with Gasteiger partial charge in [0.15, 0.2) is 0 Å². The summed E-state index contributed by atoms with van der Waals surface area (Å²) in [4.78, 5) is 12.1. The van der Waals surface area contributed by atoms with Crippen molar-refractivity contribution in [2.45, 2.75) is 38.3 Å². The SMILES string of the molecule is CC(NC(=O)C1CCCC1N)c1cccc(Br)c1. The van der Waals surface area contributed by atoms with Crippen LogP contribution in [0.25, 0.3) is 0 Å². The molecule has 18 heavy (non-hydrogen) atoms. The number of halogens is 1. The van der Waals surface area contributed by atoms with Crippen molar-refractivity contribution < 1.29 is 4.79 Å². The van der Waals surface area contributed by atoms with Crippen LogP contribution in [0.1, 0.15) is 37.8 Å². The highest BCUT2D eigenvalue weighted by atomic mass is 79.9. The Hall–Kier alpha value is -0.870. The smallest absolute Gasteiger partial charge is 0.225 e. The van der Waals surface area contributed by atoms with Gasteiger partial charge in [0, 0.05) is 10.5 Å². The molecule has 1 aliphatic rings. The highest BCUT2D eigenvalue weighted by Crippen LogP contribution is 2.25. The Labute approximate surface area is 116 Å². The lowest BCUT2D eigenvalue weighted by atomic mass is 10.0. The van der Waals surface area contributed by atoms with Gasteiger partial charge < -0.3 is 11.1 Å². The Morgan fingerprint density at radius 1 is 1.50 bits per heavy atom. The number of rotatable bonds is 3. The summed E-state index contributed by atoms with van der Waals surface area (Å²) < 4.78 is 1.03. The molecule has 1 aromatic carbocycles. The van der Waals surface area contributed by atoms with Gasteiger partial charge in [0.2, 0.25) is 5.91 Å². The normalized spacial score (nSPS) is 24.8. The van der Waals surface area contributed by atoms with Crippen LogP contribution in [0.5, 0.6) is 0 Å². The third kappa shape index (κ3) is 3.12. The van der Waals surface area contributed by atoms with Crippen LogP contribution in [0.15, 0.2) is 28.7 Å². The molecular formula is C14H19BrN2O. The highest BCUT2D eigenvalue weighted by molar-refractivity contribution is 9.10. The minimum Gasteiger partial charge on any atom is -0.349 e. The fourth-order valence-corrected chi connectivity index (χ4v) is 2.91. The van der Waals surface area contributed by atoms with E-state index in [1.165, 1.54) is 0 Å². The van der Waals surface area contributed by atoms with Crippen LogP contribution in [0.4, 0.5) is 0 Å². The number of nitrogens with one attached hydrogen (secondary N) is 1. The molecule has 0 heterocycles. The summed E-state index contributed by atoms with van der Waals surface area (Å²) in [7, 11) is 0. The average Bonchev–Trinajstić information content (AvgIpc) is 2.75. The van der Waals surface area contributed by atoms with E-state index in [1.54, 1.807) is 0 Å². The number of hydrogen-bond donors (Lipinski definition) is 2. The second-order valence-electron chi connectivity index (χ2n) is 4.99. The molecule has 2 rings (SSSR count).